The maximum absolute atomic E-state index is 13.4. The van der Waals surface area contributed by atoms with Gasteiger partial charge in [-0.05, 0) is 58.1 Å². The number of furan rings is 1. The second-order valence-corrected chi connectivity index (χ2v) is 7.97. The first-order valence-corrected chi connectivity index (χ1v) is 10.5. The molecule has 0 saturated heterocycles. The van der Waals surface area contributed by atoms with Gasteiger partial charge >= 0.3 is 0 Å². The molecule has 9 heteroatoms. The first-order chi connectivity index (χ1) is 15.3. The number of amides is 1. The normalized spacial score (nSPS) is 12.4. The fraction of sp³-hybridized carbons (Fsp3) is 0.435. The molecular weight excluding hydrogens is 415 g/mol. The number of aryl methyl sites for hydroxylation is 2. The van der Waals surface area contributed by atoms with Crippen molar-refractivity contribution in [2.45, 2.75) is 32.4 Å². The molecule has 1 aromatic carbocycles. The van der Waals surface area contributed by atoms with Crippen molar-refractivity contribution in [2.24, 2.45) is 0 Å². The van der Waals surface area contributed by atoms with Crippen LogP contribution in [0.4, 0.5) is 4.39 Å². The second-order valence-electron chi connectivity index (χ2n) is 7.97. The molecule has 32 heavy (non-hydrogen) atoms. The minimum atomic E-state index is -0.428. The van der Waals surface area contributed by atoms with E-state index in [2.05, 4.69) is 10.3 Å². The molecule has 0 saturated carbocycles. The van der Waals surface area contributed by atoms with Crippen molar-refractivity contribution >= 4 is 17.0 Å². The van der Waals surface area contributed by atoms with Crippen LogP contribution in [0.1, 0.15) is 40.6 Å². The van der Waals surface area contributed by atoms with Crippen molar-refractivity contribution in [3.05, 3.63) is 63.7 Å². The van der Waals surface area contributed by atoms with Crippen LogP contribution in [0.5, 0.6) is 0 Å². The SMILES string of the molecule is COCCCn1cnc2oc(C)c(C(=O)NC(CCN(C)C)c3ccc(F)cc3)c2c1=O. The number of ether oxygens (including phenoxy) is 1. The van der Waals surface area contributed by atoms with Crippen LogP contribution in [-0.4, -0.2) is 54.7 Å². The molecule has 0 fully saturated rings. The molecule has 1 unspecified atom stereocenters. The van der Waals surface area contributed by atoms with Crippen LogP contribution in [0.2, 0.25) is 0 Å². The van der Waals surface area contributed by atoms with Crippen LogP contribution < -0.4 is 10.9 Å². The van der Waals surface area contributed by atoms with E-state index < -0.39 is 5.91 Å². The number of carbonyl (C=O) groups excluding carboxylic acids is 1. The molecule has 1 amide bonds. The van der Waals surface area contributed by atoms with E-state index in [0.29, 0.717) is 38.3 Å². The van der Waals surface area contributed by atoms with Crippen LogP contribution >= 0.6 is 0 Å². The maximum Gasteiger partial charge on any atom is 0.265 e. The average Bonchev–Trinajstić information content (AvgIpc) is 3.10. The van der Waals surface area contributed by atoms with E-state index in [1.165, 1.54) is 23.0 Å². The second kappa shape index (κ2) is 10.5. The van der Waals surface area contributed by atoms with Gasteiger partial charge in [0.1, 0.15) is 23.3 Å². The van der Waals surface area contributed by atoms with Crippen molar-refractivity contribution in [3.63, 3.8) is 0 Å². The van der Waals surface area contributed by atoms with Crippen molar-refractivity contribution < 1.29 is 18.3 Å². The number of fused-ring (bicyclic) bond motifs is 1. The summed E-state index contributed by atoms with van der Waals surface area (Å²) in [5.41, 5.74) is 0.754. The summed E-state index contributed by atoms with van der Waals surface area (Å²) in [7, 11) is 5.48. The lowest BCUT2D eigenvalue weighted by Gasteiger charge is -2.21. The lowest BCUT2D eigenvalue weighted by Crippen LogP contribution is -2.32. The maximum atomic E-state index is 13.4. The van der Waals surface area contributed by atoms with E-state index in [0.717, 1.165) is 5.56 Å². The molecule has 1 N–H and O–H groups in total. The van der Waals surface area contributed by atoms with E-state index in [1.807, 2.05) is 19.0 Å². The Hall–Kier alpha value is -3.04. The van der Waals surface area contributed by atoms with Crippen LogP contribution in [0, 0.1) is 12.7 Å². The molecule has 2 heterocycles. The number of nitrogens with one attached hydrogen (secondary N) is 1. The Labute approximate surface area is 186 Å². The standard InChI is InChI=1S/C23H29FN4O4/c1-15-19(20-22(32-15)25-14-28(23(20)30)11-5-13-31-4)21(29)26-18(10-12-27(2)3)16-6-8-17(24)9-7-16/h6-9,14,18H,5,10-13H2,1-4H3,(H,26,29). The van der Waals surface area contributed by atoms with E-state index in [4.69, 9.17) is 9.15 Å². The number of aromatic nitrogens is 2. The Morgan fingerprint density at radius 2 is 2.03 bits per heavy atom. The highest BCUT2D eigenvalue weighted by Gasteiger charge is 2.25. The molecule has 2 aromatic heterocycles. The third kappa shape index (κ3) is 5.41. The van der Waals surface area contributed by atoms with Gasteiger partial charge in [0.2, 0.25) is 5.71 Å². The van der Waals surface area contributed by atoms with E-state index in [1.54, 1.807) is 26.2 Å². The third-order valence-corrected chi connectivity index (χ3v) is 5.27. The lowest BCUT2D eigenvalue weighted by atomic mass is 10.0. The van der Waals surface area contributed by atoms with Gasteiger partial charge in [-0.25, -0.2) is 9.37 Å². The number of hydrogen-bond donors (Lipinski definition) is 1. The Bertz CT molecular complexity index is 1120. The summed E-state index contributed by atoms with van der Waals surface area (Å²) in [5.74, 6) is -0.451. The van der Waals surface area contributed by atoms with Gasteiger partial charge in [-0.3, -0.25) is 14.2 Å². The summed E-state index contributed by atoms with van der Waals surface area (Å²) >= 11 is 0. The molecule has 1 atom stereocenters. The van der Waals surface area contributed by atoms with Crippen molar-refractivity contribution in [2.75, 3.05) is 34.4 Å². The van der Waals surface area contributed by atoms with E-state index >= 15 is 0 Å². The number of methoxy groups -OCH3 is 1. The predicted octanol–water partition coefficient (Wildman–Crippen LogP) is 2.90. The third-order valence-electron chi connectivity index (χ3n) is 5.27. The summed E-state index contributed by atoms with van der Waals surface area (Å²) in [4.78, 5) is 32.6. The number of nitrogens with zero attached hydrogens (tertiary/aromatic N) is 3. The summed E-state index contributed by atoms with van der Waals surface area (Å²) < 4.78 is 25.5. The zero-order chi connectivity index (χ0) is 23.3. The molecule has 0 aliphatic heterocycles. The molecule has 172 valence electrons. The molecule has 8 nitrogen and oxygen atoms in total. The molecule has 0 radical (unpaired) electrons. The summed E-state index contributed by atoms with van der Waals surface area (Å²) in [6, 6.07) is 5.67. The average molecular weight is 445 g/mol. The zero-order valence-electron chi connectivity index (χ0n) is 18.9. The van der Waals surface area contributed by atoms with Crippen LogP contribution in [0.3, 0.4) is 0 Å². The first kappa shape index (κ1) is 23.6. The Morgan fingerprint density at radius 1 is 1.31 bits per heavy atom. The predicted molar refractivity (Wildman–Crippen MR) is 119 cm³/mol. The fourth-order valence-corrected chi connectivity index (χ4v) is 3.58. The molecular formula is C23H29FN4O4. The minimum absolute atomic E-state index is 0.132. The largest absolute Gasteiger partial charge is 0.442 e. The molecule has 0 spiro atoms. The molecule has 3 aromatic rings. The Morgan fingerprint density at radius 3 is 2.69 bits per heavy atom. The Balaban J connectivity index is 1.94. The van der Waals surface area contributed by atoms with Crippen molar-refractivity contribution in [1.82, 2.24) is 19.8 Å². The highest BCUT2D eigenvalue weighted by molar-refractivity contribution is 6.06. The van der Waals surface area contributed by atoms with Gasteiger partial charge in [-0.15, -0.1) is 0 Å². The van der Waals surface area contributed by atoms with Gasteiger partial charge in [-0.2, -0.15) is 0 Å². The number of carbonyl (C=O) groups is 1. The summed E-state index contributed by atoms with van der Waals surface area (Å²) in [6.07, 6.45) is 2.67. The molecule has 0 aliphatic rings. The van der Waals surface area contributed by atoms with Gasteiger partial charge in [-0.1, -0.05) is 12.1 Å². The van der Waals surface area contributed by atoms with Gasteiger partial charge in [0, 0.05) is 20.3 Å². The van der Waals surface area contributed by atoms with Crippen LogP contribution in [0.15, 0.2) is 39.8 Å². The van der Waals surface area contributed by atoms with Crippen LogP contribution in [0.25, 0.3) is 11.1 Å². The van der Waals surface area contributed by atoms with Gasteiger partial charge in [0.05, 0.1) is 11.6 Å². The van der Waals surface area contributed by atoms with Gasteiger partial charge in [0.15, 0.2) is 0 Å². The number of rotatable bonds is 10. The van der Waals surface area contributed by atoms with E-state index in [9.17, 15) is 14.0 Å². The monoisotopic (exact) mass is 444 g/mol. The molecule has 0 aliphatic carbocycles. The van der Waals surface area contributed by atoms with Crippen molar-refractivity contribution in [3.8, 4) is 0 Å². The smallest absolute Gasteiger partial charge is 0.265 e. The summed E-state index contributed by atoms with van der Waals surface area (Å²) in [5, 5.41) is 3.16. The quantitative estimate of drug-likeness (QED) is 0.484. The van der Waals surface area contributed by atoms with E-state index in [-0.39, 0.29) is 34.1 Å². The zero-order valence-corrected chi connectivity index (χ0v) is 18.9. The highest BCUT2D eigenvalue weighted by atomic mass is 19.1. The lowest BCUT2D eigenvalue weighted by molar-refractivity contribution is 0.0932. The molecule has 0 bridgehead atoms. The number of benzene rings is 1. The number of halogens is 1. The topological polar surface area (TPSA) is 89.6 Å². The van der Waals surface area contributed by atoms with Crippen molar-refractivity contribution in [1.29, 1.82) is 0 Å². The molecule has 3 rings (SSSR count). The number of hydrogen-bond acceptors (Lipinski definition) is 6. The van der Waals surface area contributed by atoms with Crippen LogP contribution in [-0.2, 0) is 11.3 Å². The first-order valence-electron chi connectivity index (χ1n) is 10.5. The highest BCUT2D eigenvalue weighted by Crippen LogP contribution is 2.24. The van der Waals surface area contributed by atoms with Gasteiger partial charge in [0.25, 0.3) is 11.5 Å². The Kier molecular flexibility index (Phi) is 7.76. The minimum Gasteiger partial charge on any atom is -0.442 e. The summed E-state index contributed by atoms with van der Waals surface area (Å²) in [6.45, 7) is 3.27. The fourth-order valence-electron chi connectivity index (χ4n) is 3.58. The van der Waals surface area contributed by atoms with Gasteiger partial charge < -0.3 is 19.4 Å².